The fourth-order valence-corrected chi connectivity index (χ4v) is 2.53. The van der Waals surface area contributed by atoms with E-state index in [-0.39, 0.29) is 4.91 Å². The van der Waals surface area contributed by atoms with Crippen LogP contribution in [0.15, 0.2) is 47.9 Å². The SMILES string of the molecule is C=C\C=C(/C=C\C=C/C)S(=O)(=O)NC(C)(C)C. The van der Waals surface area contributed by atoms with Crippen molar-refractivity contribution in [1.29, 1.82) is 0 Å². The normalized spacial score (nSPS) is 14.7. The van der Waals surface area contributed by atoms with E-state index >= 15 is 0 Å². The van der Waals surface area contributed by atoms with Gasteiger partial charge in [0.25, 0.3) is 0 Å². The Morgan fingerprint density at radius 3 is 2.24 bits per heavy atom. The molecule has 96 valence electrons. The highest BCUT2D eigenvalue weighted by Crippen LogP contribution is 2.12. The van der Waals surface area contributed by atoms with Crippen LogP contribution in [0.4, 0.5) is 0 Å². The number of sulfonamides is 1. The highest BCUT2D eigenvalue weighted by atomic mass is 32.2. The van der Waals surface area contributed by atoms with Crippen molar-refractivity contribution in [2.75, 3.05) is 0 Å². The van der Waals surface area contributed by atoms with E-state index in [0.717, 1.165) is 0 Å². The molecular formula is C13H21NO2S. The van der Waals surface area contributed by atoms with Crippen LogP contribution in [-0.2, 0) is 10.0 Å². The smallest absolute Gasteiger partial charge is 0.207 e. The van der Waals surface area contributed by atoms with Gasteiger partial charge in [0.15, 0.2) is 0 Å². The van der Waals surface area contributed by atoms with Crippen LogP contribution in [-0.4, -0.2) is 14.0 Å². The summed E-state index contributed by atoms with van der Waals surface area (Å²) >= 11 is 0. The van der Waals surface area contributed by atoms with Crippen molar-refractivity contribution < 1.29 is 8.42 Å². The topological polar surface area (TPSA) is 46.2 Å². The summed E-state index contributed by atoms with van der Waals surface area (Å²) in [6.45, 7) is 10.8. The van der Waals surface area contributed by atoms with Crippen LogP contribution in [0.1, 0.15) is 27.7 Å². The molecule has 0 spiro atoms. The van der Waals surface area contributed by atoms with E-state index in [2.05, 4.69) is 11.3 Å². The Bertz CT molecular complexity index is 435. The number of rotatable bonds is 5. The summed E-state index contributed by atoms with van der Waals surface area (Å²) in [6, 6.07) is 0. The Balaban J connectivity index is 5.21. The van der Waals surface area contributed by atoms with Crippen molar-refractivity contribution >= 4 is 10.0 Å². The molecule has 1 N–H and O–H groups in total. The molecule has 0 radical (unpaired) electrons. The molecule has 0 saturated heterocycles. The lowest BCUT2D eigenvalue weighted by molar-refractivity contribution is 0.495. The van der Waals surface area contributed by atoms with Gasteiger partial charge in [-0.05, 0) is 39.8 Å². The van der Waals surface area contributed by atoms with Crippen LogP contribution in [0.5, 0.6) is 0 Å². The molecule has 0 saturated carbocycles. The standard InChI is InChI=1S/C13H21NO2S/c1-6-8-9-11-12(10-7-2)17(15,16)14-13(3,4)5/h6-11,14H,2H2,1,3-5H3/b8-6-,11-9-,12-10+. The molecule has 0 bridgehead atoms. The number of hydrogen-bond acceptors (Lipinski definition) is 2. The number of nitrogens with one attached hydrogen (secondary N) is 1. The Kier molecular flexibility index (Phi) is 6.13. The molecule has 0 aromatic carbocycles. The largest absolute Gasteiger partial charge is 0.241 e. The third-order valence-electron chi connectivity index (χ3n) is 1.60. The summed E-state index contributed by atoms with van der Waals surface area (Å²) in [6.07, 6.45) is 9.73. The quantitative estimate of drug-likeness (QED) is 0.768. The van der Waals surface area contributed by atoms with Crippen LogP contribution in [0, 0.1) is 0 Å². The van der Waals surface area contributed by atoms with Crippen molar-refractivity contribution in [3.63, 3.8) is 0 Å². The summed E-state index contributed by atoms with van der Waals surface area (Å²) in [5.74, 6) is 0. The number of hydrogen-bond donors (Lipinski definition) is 1. The van der Waals surface area contributed by atoms with Crippen molar-refractivity contribution in [2.24, 2.45) is 0 Å². The van der Waals surface area contributed by atoms with E-state index < -0.39 is 15.6 Å². The maximum atomic E-state index is 12.0. The van der Waals surface area contributed by atoms with Crippen LogP contribution in [0.2, 0.25) is 0 Å². The summed E-state index contributed by atoms with van der Waals surface area (Å²) in [5, 5.41) is 0. The van der Waals surface area contributed by atoms with E-state index in [1.54, 1.807) is 32.9 Å². The molecule has 0 atom stereocenters. The third-order valence-corrected chi connectivity index (χ3v) is 3.37. The lowest BCUT2D eigenvalue weighted by Crippen LogP contribution is -2.40. The van der Waals surface area contributed by atoms with Gasteiger partial charge in [-0.2, -0.15) is 0 Å². The van der Waals surface area contributed by atoms with Gasteiger partial charge >= 0.3 is 0 Å². The van der Waals surface area contributed by atoms with Crippen LogP contribution in [0.3, 0.4) is 0 Å². The average molecular weight is 255 g/mol. The first-order valence-electron chi connectivity index (χ1n) is 5.39. The second-order valence-corrected chi connectivity index (χ2v) is 6.23. The van der Waals surface area contributed by atoms with E-state index in [1.807, 2.05) is 13.0 Å². The molecule has 0 aliphatic carbocycles. The van der Waals surface area contributed by atoms with Crippen molar-refractivity contribution in [3.8, 4) is 0 Å². The van der Waals surface area contributed by atoms with Crippen LogP contribution in [0.25, 0.3) is 0 Å². The van der Waals surface area contributed by atoms with Gasteiger partial charge in [-0.3, -0.25) is 0 Å². The lowest BCUT2D eigenvalue weighted by Gasteiger charge is -2.20. The average Bonchev–Trinajstić information content (AvgIpc) is 2.13. The summed E-state index contributed by atoms with van der Waals surface area (Å²) < 4.78 is 26.6. The fourth-order valence-electron chi connectivity index (χ4n) is 1.07. The van der Waals surface area contributed by atoms with E-state index in [4.69, 9.17) is 0 Å². The van der Waals surface area contributed by atoms with Gasteiger partial charge in [0.2, 0.25) is 10.0 Å². The summed E-state index contributed by atoms with van der Waals surface area (Å²) in [7, 11) is -3.50. The van der Waals surface area contributed by atoms with E-state index in [0.29, 0.717) is 0 Å². The molecule has 0 aliphatic heterocycles. The molecule has 0 unspecified atom stereocenters. The summed E-state index contributed by atoms with van der Waals surface area (Å²) in [4.78, 5) is 0.195. The van der Waals surface area contributed by atoms with E-state index in [1.165, 1.54) is 18.2 Å². The molecule has 0 rings (SSSR count). The first-order valence-corrected chi connectivity index (χ1v) is 6.87. The predicted molar refractivity (Wildman–Crippen MR) is 74.0 cm³/mol. The molecule has 0 aromatic heterocycles. The van der Waals surface area contributed by atoms with Gasteiger partial charge in [0.05, 0.1) is 4.91 Å². The van der Waals surface area contributed by atoms with Gasteiger partial charge in [-0.25, -0.2) is 13.1 Å². The zero-order valence-corrected chi connectivity index (χ0v) is 11.7. The summed E-state index contributed by atoms with van der Waals surface area (Å²) in [5.41, 5.74) is -0.506. The van der Waals surface area contributed by atoms with Crippen LogP contribution >= 0.6 is 0 Å². The minimum Gasteiger partial charge on any atom is -0.207 e. The zero-order chi connectivity index (χ0) is 13.5. The van der Waals surface area contributed by atoms with Gasteiger partial charge in [-0.1, -0.05) is 30.9 Å². The lowest BCUT2D eigenvalue weighted by atomic mass is 10.1. The maximum absolute atomic E-state index is 12.0. The Morgan fingerprint density at radius 1 is 1.24 bits per heavy atom. The molecule has 3 nitrogen and oxygen atoms in total. The zero-order valence-electron chi connectivity index (χ0n) is 10.9. The molecule has 0 fully saturated rings. The first-order chi connectivity index (χ1) is 7.73. The molecule has 0 aromatic rings. The van der Waals surface area contributed by atoms with Crippen molar-refractivity contribution in [3.05, 3.63) is 47.9 Å². The van der Waals surface area contributed by atoms with Crippen LogP contribution < -0.4 is 4.72 Å². The van der Waals surface area contributed by atoms with Crippen molar-refractivity contribution in [1.82, 2.24) is 4.72 Å². The Labute approximate surface area is 105 Å². The van der Waals surface area contributed by atoms with Crippen molar-refractivity contribution in [2.45, 2.75) is 33.2 Å². The van der Waals surface area contributed by atoms with E-state index in [9.17, 15) is 8.42 Å². The predicted octanol–water partition coefficient (Wildman–Crippen LogP) is 2.91. The molecule has 0 heterocycles. The number of allylic oxidation sites excluding steroid dienone is 6. The minimum absolute atomic E-state index is 0.195. The highest BCUT2D eigenvalue weighted by molar-refractivity contribution is 7.93. The highest BCUT2D eigenvalue weighted by Gasteiger charge is 2.22. The van der Waals surface area contributed by atoms with Gasteiger partial charge < -0.3 is 0 Å². The third kappa shape index (κ3) is 6.92. The molecular weight excluding hydrogens is 234 g/mol. The fraction of sp³-hybridized carbons (Fsp3) is 0.385. The Morgan fingerprint density at radius 2 is 1.82 bits per heavy atom. The molecule has 0 amide bonds. The maximum Gasteiger partial charge on any atom is 0.241 e. The van der Waals surface area contributed by atoms with Gasteiger partial charge in [0.1, 0.15) is 0 Å². The minimum atomic E-state index is -3.50. The second-order valence-electron chi connectivity index (χ2n) is 4.55. The monoisotopic (exact) mass is 255 g/mol. The Hall–Kier alpha value is -1.13. The molecule has 17 heavy (non-hydrogen) atoms. The van der Waals surface area contributed by atoms with Gasteiger partial charge in [0, 0.05) is 5.54 Å². The molecule has 0 aliphatic rings. The van der Waals surface area contributed by atoms with Gasteiger partial charge in [-0.15, -0.1) is 0 Å². The first kappa shape index (κ1) is 15.9. The molecule has 4 heteroatoms. The second kappa shape index (κ2) is 6.57.